The average molecular weight is 321 g/mol. The Kier molecular flexibility index (Phi) is 4.98. The predicted octanol–water partition coefficient (Wildman–Crippen LogP) is 4.81. The van der Waals surface area contributed by atoms with E-state index in [0.29, 0.717) is 0 Å². The molecule has 116 valence electrons. The van der Waals surface area contributed by atoms with Gasteiger partial charge in [0, 0.05) is 6.04 Å². The van der Waals surface area contributed by atoms with E-state index in [9.17, 15) is 18.0 Å². The highest BCUT2D eigenvalue weighted by Gasteiger charge is 2.35. The lowest BCUT2D eigenvalue weighted by Gasteiger charge is -2.23. The molecule has 1 aliphatic rings. The largest absolute Gasteiger partial charge is 0.418 e. The summed E-state index contributed by atoms with van der Waals surface area (Å²) in [5.41, 5.74) is -1.35. The summed E-state index contributed by atoms with van der Waals surface area (Å²) in [6, 6.07) is 2.76. The first-order valence-electron chi connectivity index (χ1n) is 6.81. The fourth-order valence-electron chi connectivity index (χ4n) is 2.47. The number of rotatable bonds is 2. The van der Waals surface area contributed by atoms with Crippen LogP contribution in [0.1, 0.15) is 37.7 Å². The van der Waals surface area contributed by atoms with Crippen molar-refractivity contribution in [2.24, 2.45) is 0 Å². The van der Waals surface area contributed by atoms with Crippen LogP contribution < -0.4 is 10.6 Å². The van der Waals surface area contributed by atoms with Gasteiger partial charge in [0.25, 0.3) is 0 Å². The Morgan fingerprint density at radius 3 is 2.48 bits per heavy atom. The van der Waals surface area contributed by atoms with Crippen LogP contribution in [-0.4, -0.2) is 12.1 Å². The molecule has 0 atom stereocenters. The molecule has 0 heterocycles. The van der Waals surface area contributed by atoms with Gasteiger partial charge in [0.15, 0.2) is 0 Å². The topological polar surface area (TPSA) is 41.1 Å². The quantitative estimate of drug-likeness (QED) is 0.806. The van der Waals surface area contributed by atoms with Crippen LogP contribution in [0.2, 0.25) is 5.02 Å². The molecule has 0 spiro atoms. The average Bonchev–Trinajstić information content (AvgIpc) is 2.41. The lowest BCUT2D eigenvalue weighted by molar-refractivity contribution is -0.136. The molecule has 0 radical (unpaired) electrons. The number of carbonyl (C=O) groups is 1. The zero-order valence-corrected chi connectivity index (χ0v) is 12.0. The van der Waals surface area contributed by atoms with Crippen LogP contribution in [0, 0.1) is 0 Å². The summed E-state index contributed by atoms with van der Waals surface area (Å²) in [6.07, 6.45) is 0.292. The summed E-state index contributed by atoms with van der Waals surface area (Å²) in [6.45, 7) is 0. The van der Waals surface area contributed by atoms with E-state index in [0.717, 1.165) is 38.2 Å². The second-order valence-corrected chi connectivity index (χ2v) is 5.50. The summed E-state index contributed by atoms with van der Waals surface area (Å²) in [7, 11) is 0. The number of urea groups is 1. The Morgan fingerprint density at radius 1 is 1.19 bits per heavy atom. The van der Waals surface area contributed by atoms with Crippen LogP contribution in [0.15, 0.2) is 18.2 Å². The Balaban J connectivity index is 2.09. The zero-order chi connectivity index (χ0) is 15.5. The third-order valence-corrected chi connectivity index (χ3v) is 3.81. The van der Waals surface area contributed by atoms with Crippen molar-refractivity contribution in [1.82, 2.24) is 5.32 Å². The maximum atomic E-state index is 12.9. The molecule has 21 heavy (non-hydrogen) atoms. The van der Waals surface area contributed by atoms with Crippen molar-refractivity contribution in [3.8, 4) is 0 Å². The summed E-state index contributed by atoms with van der Waals surface area (Å²) in [4.78, 5) is 11.9. The SMILES string of the molecule is O=C(Nc1c(Cl)cccc1C(F)(F)F)NC1CCCCC1. The number of para-hydroxylation sites is 1. The molecular weight excluding hydrogens is 305 g/mol. The number of benzene rings is 1. The van der Waals surface area contributed by atoms with Crippen LogP contribution in [0.5, 0.6) is 0 Å². The molecule has 2 N–H and O–H groups in total. The molecule has 7 heteroatoms. The first-order valence-corrected chi connectivity index (χ1v) is 7.19. The maximum absolute atomic E-state index is 12.9. The van der Waals surface area contributed by atoms with Gasteiger partial charge in [-0.05, 0) is 25.0 Å². The van der Waals surface area contributed by atoms with Crippen molar-refractivity contribution < 1.29 is 18.0 Å². The second-order valence-electron chi connectivity index (χ2n) is 5.09. The number of hydrogen-bond acceptors (Lipinski definition) is 1. The fraction of sp³-hybridized carbons (Fsp3) is 0.500. The van der Waals surface area contributed by atoms with Gasteiger partial charge < -0.3 is 10.6 Å². The second kappa shape index (κ2) is 6.56. The van der Waals surface area contributed by atoms with E-state index in [-0.39, 0.29) is 11.1 Å². The molecule has 1 fully saturated rings. The van der Waals surface area contributed by atoms with Crippen molar-refractivity contribution in [3.05, 3.63) is 28.8 Å². The van der Waals surface area contributed by atoms with Crippen molar-refractivity contribution >= 4 is 23.3 Å². The van der Waals surface area contributed by atoms with Gasteiger partial charge in [-0.1, -0.05) is 36.9 Å². The molecule has 0 aromatic heterocycles. The van der Waals surface area contributed by atoms with E-state index < -0.39 is 23.5 Å². The van der Waals surface area contributed by atoms with Gasteiger partial charge in [-0.2, -0.15) is 13.2 Å². The lowest BCUT2D eigenvalue weighted by Crippen LogP contribution is -2.39. The van der Waals surface area contributed by atoms with E-state index in [1.54, 1.807) is 0 Å². The molecule has 1 aromatic carbocycles. The molecule has 0 aliphatic heterocycles. The maximum Gasteiger partial charge on any atom is 0.418 e. The lowest BCUT2D eigenvalue weighted by atomic mass is 9.96. The number of halogens is 4. The van der Waals surface area contributed by atoms with E-state index in [4.69, 9.17) is 11.6 Å². The van der Waals surface area contributed by atoms with Gasteiger partial charge in [0.05, 0.1) is 16.3 Å². The third kappa shape index (κ3) is 4.27. The Bertz CT molecular complexity index is 513. The van der Waals surface area contributed by atoms with Gasteiger partial charge in [-0.3, -0.25) is 0 Å². The number of anilines is 1. The summed E-state index contributed by atoms with van der Waals surface area (Å²) < 4.78 is 38.7. The molecule has 0 saturated heterocycles. The number of carbonyl (C=O) groups excluding carboxylic acids is 1. The summed E-state index contributed by atoms with van der Waals surface area (Å²) >= 11 is 5.78. The molecule has 0 unspecified atom stereocenters. The Hall–Kier alpha value is -1.43. The molecule has 1 saturated carbocycles. The van der Waals surface area contributed by atoms with Gasteiger partial charge in [0.1, 0.15) is 0 Å². The van der Waals surface area contributed by atoms with Crippen molar-refractivity contribution in [1.29, 1.82) is 0 Å². The summed E-state index contributed by atoms with van der Waals surface area (Å²) in [5.74, 6) is 0. The van der Waals surface area contributed by atoms with Crippen LogP contribution in [0.25, 0.3) is 0 Å². The monoisotopic (exact) mass is 320 g/mol. The van der Waals surface area contributed by atoms with Crippen LogP contribution in [-0.2, 0) is 6.18 Å². The highest BCUT2D eigenvalue weighted by Crippen LogP contribution is 2.38. The van der Waals surface area contributed by atoms with Gasteiger partial charge in [-0.25, -0.2) is 4.79 Å². The van der Waals surface area contributed by atoms with Crippen LogP contribution in [0.4, 0.5) is 23.7 Å². The van der Waals surface area contributed by atoms with Crippen molar-refractivity contribution in [2.45, 2.75) is 44.3 Å². The minimum atomic E-state index is -4.57. The molecule has 2 amide bonds. The van der Waals surface area contributed by atoms with E-state index >= 15 is 0 Å². The summed E-state index contributed by atoms with van der Waals surface area (Å²) in [5, 5.41) is 4.79. The smallest absolute Gasteiger partial charge is 0.335 e. The standard InChI is InChI=1S/C14H16ClF3N2O/c15-11-8-4-7-10(14(16,17)18)12(11)20-13(21)19-9-5-2-1-3-6-9/h4,7-9H,1-3,5-6H2,(H2,19,20,21). The van der Waals surface area contributed by atoms with Crippen molar-refractivity contribution in [3.63, 3.8) is 0 Å². The van der Waals surface area contributed by atoms with E-state index in [2.05, 4.69) is 10.6 Å². The highest BCUT2D eigenvalue weighted by atomic mass is 35.5. The number of nitrogens with one attached hydrogen (secondary N) is 2. The highest BCUT2D eigenvalue weighted by molar-refractivity contribution is 6.33. The first kappa shape index (κ1) is 15.9. The molecule has 1 aliphatic carbocycles. The Morgan fingerprint density at radius 2 is 1.86 bits per heavy atom. The Labute approximate surface area is 125 Å². The van der Waals surface area contributed by atoms with E-state index in [1.165, 1.54) is 12.1 Å². The molecule has 0 bridgehead atoms. The van der Waals surface area contributed by atoms with E-state index in [1.807, 2.05) is 0 Å². The molecular formula is C14H16ClF3N2O. The minimum Gasteiger partial charge on any atom is -0.335 e. The fourth-order valence-corrected chi connectivity index (χ4v) is 2.69. The first-order chi connectivity index (χ1) is 9.88. The van der Waals surface area contributed by atoms with Crippen LogP contribution >= 0.6 is 11.6 Å². The van der Waals surface area contributed by atoms with Crippen molar-refractivity contribution in [2.75, 3.05) is 5.32 Å². The number of alkyl halides is 3. The van der Waals surface area contributed by atoms with Gasteiger partial charge in [-0.15, -0.1) is 0 Å². The minimum absolute atomic E-state index is 0.00979. The third-order valence-electron chi connectivity index (χ3n) is 3.50. The number of amides is 2. The molecule has 2 rings (SSSR count). The zero-order valence-electron chi connectivity index (χ0n) is 11.3. The van der Waals surface area contributed by atoms with Crippen LogP contribution in [0.3, 0.4) is 0 Å². The molecule has 1 aromatic rings. The predicted molar refractivity (Wildman–Crippen MR) is 75.5 cm³/mol. The van der Waals surface area contributed by atoms with Gasteiger partial charge in [0.2, 0.25) is 0 Å². The van der Waals surface area contributed by atoms with Gasteiger partial charge >= 0.3 is 12.2 Å². The molecule has 3 nitrogen and oxygen atoms in total. The normalized spacial score (nSPS) is 16.6. The number of hydrogen-bond donors (Lipinski definition) is 2.